The molecular weight excluding hydrogens is 186 g/mol. The Morgan fingerprint density at radius 2 is 2.20 bits per heavy atom. The average Bonchev–Trinajstić information content (AvgIpc) is 2.18. The van der Waals surface area contributed by atoms with Crippen molar-refractivity contribution in [3.8, 4) is 5.75 Å². The molecule has 2 nitrogen and oxygen atoms in total. The number of hydrogen-bond acceptors (Lipinski definition) is 2. The molecule has 1 aromatic rings. The van der Waals surface area contributed by atoms with Crippen molar-refractivity contribution in [2.75, 3.05) is 6.61 Å². The predicted molar refractivity (Wildman–Crippen MR) is 61.5 cm³/mol. The van der Waals surface area contributed by atoms with Crippen molar-refractivity contribution in [2.24, 2.45) is 0 Å². The second kappa shape index (κ2) is 3.51. The van der Waals surface area contributed by atoms with Crippen molar-refractivity contribution in [1.82, 2.24) is 4.98 Å². The van der Waals surface area contributed by atoms with Crippen molar-refractivity contribution in [2.45, 2.75) is 46.0 Å². The summed E-state index contributed by atoms with van der Waals surface area (Å²) >= 11 is 0. The van der Waals surface area contributed by atoms with Gasteiger partial charge in [-0.25, -0.2) is 0 Å². The zero-order valence-electron chi connectivity index (χ0n) is 10.1. The lowest BCUT2D eigenvalue weighted by molar-refractivity contribution is 0.230. The molecule has 15 heavy (non-hydrogen) atoms. The minimum Gasteiger partial charge on any atom is -0.491 e. The molecule has 0 aromatic carbocycles. The second-order valence-electron chi connectivity index (χ2n) is 4.92. The minimum atomic E-state index is 0.227. The van der Waals surface area contributed by atoms with Crippen LogP contribution in [0.2, 0.25) is 0 Å². The van der Waals surface area contributed by atoms with E-state index in [0.29, 0.717) is 0 Å². The molecule has 2 rings (SSSR count). The highest BCUT2D eigenvalue weighted by Crippen LogP contribution is 2.40. The molecule has 0 atom stereocenters. The van der Waals surface area contributed by atoms with Crippen LogP contribution in [0, 0.1) is 6.92 Å². The first kappa shape index (κ1) is 10.5. The minimum absolute atomic E-state index is 0.227. The van der Waals surface area contributed by atoms with Gasteiger partial charge in [0.25, 0.3) is 0 Å². The summed E-state index contributed by atoms with van der Waals surface area (Å²) in [5, 5.41) is 0. The van der Waals surface area contributed by atoms with E-state index in [1.54, 1.807) is 0 Å². The molecular formula is C13H19NO. The summed E-state index contributed by atoms with van der Waals surface area (Å²) in [4.78, 5) is 4.55. The van der Waals surface area contributed by atoms with Crippen LogP contribution in [0.5, 0.6) is 5.75 Å². The lowest BCUT2D eigenvalue weighted by Crippen LogP contribution is -2.28. The van der Waals surface area contributed by atoms with Crippen LogP contribution >= 0.6 is 0 Å². The topological polar surface area (TPSA) is 22.1 Å². The first-order chi connectivity index (χ1) is 7.04. The van der Waals surface area contributed by atoms with Gasteiger partial charge in [0.1, 0.15) is 5.75 Å². The zero-order valence-corrected chi connectivity index (χ0v) is 10.1. The molecule has 2 heteroatoms. The van der Waals surface area contributed by atoms with E-state index in [1.807, 2.05) is 0 Å². The predicted octanol–water partition coefficient (Wildman–Crippen LogP) is 3.01. The van der Waals surface area contributed by atoms with Crippen LogP contribution in [0.4, 0.5) is 0 Å². The molecule has 0 aliphatic carbocycles. The summed E-state index contributed by atoms with van der Waals surface area (Å²) in [7, 11) is 0. The number of rotatable bonds is 1. The van der Waals surface area contributed by atoms with Crippen molar-refractivity contribution in [3.05, 3.63) is 23.0 Å². The molecule has 1 aliphatic heterocycles. The first-order valence-corrected chi connectivity index (χ1v) is 5.68. The highest BCUT2D eigenvalue weighted by Gasteiger charge is 2.30. The lowest BCUT2D eigenvalue weighted by Gasteiger charge is -2.33. The molecule has 0 saturated heterocycles. The number of ether oxygens (including phenoxy) is 1. The van der Waals surface area contributed by atoms with Gasteiger partial charge >= 0.3 is 0 Å². The Hall–Kier alpha value is -1.05. The molecule has 1 aromatic heterocycles. The van der Waals surface area contributed by atoms with Crippen LogP contribution < -0.4 is 4.74 Å². The quantitative estimate of drug-likeness (QED) is 0.703. The normalized spacial score (nSPS) is 18.1. The summed E-state index contributed by atoms with van der Waals surface area (Å²) in [6.45, 7) is 9.58. The van der Waals surface area contributed by atoms with Crippen LogP contribution in [0.3, 0.4) is 0 Å². The van der Waals surface area contributed by atoms with Crippen LogP contribution in [0.15, 0.2) is 6.07 Å². The van der Waals surface area contributed by atoms with E-state index >= 15 is 0 Å². The Morgan fingerprint density at radius 3 is 2.87 bits per heavy atom. The molecule has 0 unspecified atom stereocenters. The van der Waals surface area contributed by atoms with Crippen LogP contribution in [0.1, 0.15) is 44.1 Å². The van der Waals surface area contributed by atoms with Gasteiger partial charge in [-0.3, -0.25) is 4.98 Å². The van der Waals surface area contributed by atoms with E-state index in [9.17, 15) is 0 Å². The van der Waals surface area contributed by atoms with E-state index in [4.69, 9.17) is 4.74 Å². The Balaban J connectivity index is 2.61. The summed E-state index contributed by atoms with van der Waals surface area (Å²) in [5.41, 5.74) is 3.77. The molecule has 0 fully saturated rings. The van der Waals surface area contributed by atoms with Crippen LogP contribution in [-0.4, -0.2) is 11.6 Å². The van der Waals surface area contributed by atoms with Crippen molar-refractivity contribution in [3.63, 3.8) is 0 Å². The number of nitrogens with zero attached hydrogens (tertiary/aromatic N) is 1. The maximum absolute atomic E-state index is 5.77. The van der Waals surface area contributed by atoms with Crippen molar-refractivity contribution >= 4 is 0 Å². The first-order valence-electron chi connectivity index (χ1n) is 5.68. The summed E-state index contributed by atoms with van der Waals surface area (Å²) in [6, 6.07) is 2.17. The standard InChI is InChI=1S/C13H19NO/c1-5-11-12-10(8-9(2)14-11)13(3,4)6-7-15-12/h8H,5-7H2,1-4H3. The SMILES string of the molecule is CCc1nc(C)cc2c1OCCC2(C)C. The Kier molecular flexibility index (Phi) is 2.45. The summed E-state index contributed by atoms with van der Waals surface area (Å²) < 4.78 is 5.77. The summed E-state index contributed by atoms with van der Waals surface area (Å²) in [6.07, 6.45) is 2.03. The third kappa shape index (κ3) is 1.73. The zero-order chi connectivity index (χ0) is 11.1. The van der Waals surface area contributed by atoms with Crippen molar-refractivity contribution < 1.29 is 4.74 Å². The molecule has 0 N–H and O–H groups in total. The van der Waals surface area contributed by atoms with Gasteiger partial charge in [-0.1, -0.05) is 20.8 Å². The molecule has 0 amide bonds. The van der Waals surface area contributed by atoms with E-state index < -0.39 is 0 Å². The Bertz CT molecular complexity index is 382. The smallest absolute Gasteiger partial charge is 0.144 e. The highest BCUT2D eigenvalue weighted by atomic mass is 16.5. The maximum atomic E-state index is 5.77. The van der Waals surface area contributed by atoms with Gasteiger partial charge in [-0.15, -0.1) is 0 Å². The number of hydrogen-bond donors (Lipinski definition) is 0. The lowest BCUT2D eigenvalue weighted by atomic mass is 9.79. The van der Waals surface area contributed by atoms with Gasteiger partial charge in [0.05, 0.1) is 12.3 Å². The van der Waals surface area contributed by atoms with E-state index in [2.05, 4.69) is 38.7 Å². The molecule has 0 radical (unpaired) electrons. The van der Waals surface area contributed by atoms with Gasteiger partial charge in [-0.2, -0.15) is 0 Å². The van der Waals surface area contributed by atoms with Gasteiger partial charge in [0, 0.05) is 11.3 Å². The highest BCUT2D eigenvalue weighted by molar-refractivity contribution is 5.44. The second-order valence-corrected chi connectivity index (χ2v) is 4.92. The molecule has 82 valence electrons. The van der Waals surface area contributed by atoms with Crippen molar-refractivity contribution in [1.29, 1.82) is 0 Å². The van der Waals surface area contributed by atoms with Gasteiger partial charge in [0.15, 0.2) is 0 Å². The summed E-state index contributed by atoms with van der Waals surface area (Å²) in [5.74, 6) is 1.04. The largest absolute Gasteiger partial charge is 0.491 e. The van der Waals surface area contributed by atoms with Gasteiger partial charge in [0.2, 0.25) is 0 Å². The fourth-order valence-electron chi connectivity index (χ4n) is 2.17. The average molecular weight is 205 g/mol. The number of aryl methyl sites for hydroxylation is 2. The Labute approximate surface area is 91.7 Å². The van der Waals surface area contributed by atoms with E-state index in [0.717, 1.165) is 36.6 Å². The molecule has 0 saturated carbocycles. The molecule has 1 aliphatic rings. The third-order valence-corrected chi connectivity index (χ3v) is 3.21. The monoisotopic (exact) mass is 205 g/mol. The van der Waals surface area contributed by atoms with Crippen LogP contribution in [0.25, 0.3) is 0 Å². The molecule has 2 heterocycles. The molecule has 0 spiro atoms. The Morgan fingerprint density at radius 1 is 1.47 bits per heavy atom. The molecule has 0 bridgehead atoms. The number of aromatic nitrogens is 1. The number of pyridine rings is 1. The van der Waals surface area contributed by atoms with E-state index in [1.165, 1.54) is 5.56 Å². The fraction of sp³-hybridized carbons (Fsp3) is 0.615. The third-order valence-electron chi connectivity index (χ3n) is 3.21. The van der Waals surface area contributed by atoms with Crippen LogP contribution in [-0.2, 0) is 11.8 Å². The van der Waals surface area contributed by atoms with Gasteiger partial charge < -0.3 is 4.74 Å². The fourth-order valence-corrected chi connectivity index (χ4v) is 2.17. The number of fused-ring (bicyclic) bond motifs is 1. The van der Waals surface area contributed by atoms with Gasteiger partial charge in [-0.05, 0) is 31.2 Å². The van der Waals surface area contributed by atoms with E-state index in [-0.39, 0.29) is 5.41 Å². The maximum Gasteiger partial charge on any atom is 0.144 e.